The predicted octanol–water partition coefficient (Wildman–Crippen LogP) is 2.60. The van der Waals surface area contributed by atoms with Crippen molar-refractivity contribution in [1.29, 1.82) is 0 Å². The van der Waals surface area contributed by atoms with Crippen LogP contribution in [0.5, 0.6) is 0 Å². The lowest BCUT2D eigenvalue weighted by atomic mass is 9.99. The molecule has 1 N–H and O–H groups in total. The Labute approximate surface area is 198 Å². The molecule has 1 fully saturated rings. The number of amides is 1. The first-order chi connectivity index (χ1) is 16.5. The van der Waals surface area contributed by atoms with Crippen LogP contribution in [0, 0.1) is 6.92 Å². The van der Waals surface area contributed by atoms with Gasteiger partial charge in [-0.2, -0.15) is 4.98 Å². The first-order valence-electron chi connectivity index (χ1n) is 11.6. The zero-order valence-electron chi connectivity index (χ0n) is 19.6. The minimum atomic E-state index is -0.337. The molecular formula is C26H29N5O3. The number of aromatic nitrogens is 2. The fourth-order valence-electron chi connectivity index (χ4n) is 5.07. The summed E-state index contributed by atoms with van der Waals surface area (Å²) in [4.78, 5) is 38.4. The fourth-order valence-corrected chi connectivity index (χ4v) is 5.07. The summed E-state index contributed by atoms with van der Waals surface area (Å²) in [5.41, 5.74) is 4.10. The Kier molecular flexibility index (Phi) is 5.73. The van der Waals surface area contributed by atoms with E-state index in [9.17, 15) is 9.59 Å². The Morgan fingerprint density at radius 1 is 1.06 bits per heavy atom. The summed E-state index contributed by atoms with van der Waals surface area (Å²) in [5.74, 6) is 0.693. The van der Waals surface area contributed by atoms with Crippen molar-refractivity contribution in [2.45, 2.75) is 19.9 Å². The molecule has 0 bridgehead atoms. The van der Waals surface area contributed by atoms with Gasteiger partial charge in [0.15, 0.2) is 5.76 Å². The molecule has 2 aliphatic rings. The van der Waals surface area contributed by atoms with E-state index < -0.39 is 0 Å². The Morgan fingerprint density at radius 2 is 1.79 bits per heavy atom. The van der Waals surface area contributed by atoms with Gasteiger partial charge in [0.1, 0.15) is 5.82 Å². The van der Waals surface area contributed by atoms with Crippen LogP contribution in [0.25, 0.3) is 10.8 Å². The molecule has 2 aromatic carbocycles. The van der Waals surface area contributed by atoms with Gasteiger partial charge in [0.25, 0.3) is 5.91 Å². The molecule has 0 radical (unpaired) electrons. The topological polar surface area (TPSA) is 81.8 Å². The first kappa shape index (κ1) is 22.0. The molecule has 0 atom stereocenters. The van der Waals surface area contributed by atoms with Crippen molar-refractivity contribution in [1.82, 2.24) is 14.9 Å². The lowest BCUT2D eigenvalue weighted by molar-refractivity contribution is -0.130. The van der Waals surface area contributed by atoms with Crippen molar-refractivity contribution in [2.24, 2.45) is 0 Å². The molecule has 1 aromatic heterocycles. The lowest BCUT2D eigenvalue weighted by Crippen LogP contribution is -2.50. The van der Waals surface area contributed by atoms with E-state index in [0.717, 1.165) is 30.0 Å². The van der Waals surface area contributed by atoms with Gasteiger partial charge in [0.05, 0.1) is 13.7 Å². The maximum absolute atomic E-state index is 12.5. The summed E-state index contributed by atoms with van der Waals surface area (Å²) in [5, 5.41) is 2.47. The van der Waals surface area contributed by atoms with Crippen LogP contribution in [0.3, 0.4) is 0 Å². The van der Waals surface area contributed by atoms with Crippen molar-refractivity contribution in [2.75, 3.05) is 49.6 Å². The van der Waals surface area contributed by atoms with Crippen LogP contribution >= 0.6 is 0 Å². The number of fused-ring (bicyclic) bond motifs is 2. The Hall–Kier alpha value is -3.81. The number of H-pyrrole nitrogens is 1. The molecule has 0 aliphatic carbocycles. The highest BCUT2D eigenvalue weighted by Crippen LogP contribution is 2.34. The van der Waals surface area contributed by atoms with Gasteiger partial charge in [-0.1, -0.05) is 36.9 Å². The normalized spacial score (nSPS) is 15.9. The molecule has 5 rings (SSSR count). The average molecular weight is 460 g/mol. The maximum atomic E-state index is 12.5. The highest BCUT2D eigenvalue weighted by Gasteiger charge is 2.29. The van der Waals surface area contributed by atoms with Crippen molar-refractivity contribution >= 4 is 28.2 Å². The molecule has 176 valence electrons. The van der Waals surface area contributed by atoms with Gasteiger partial charge >= 0.3 is 5.69 Å². The molecule has 3 aromatic rings. The second-order valence-electron chi connectivity index (χ2n) is 8.85. The smallest absolute Gasteiger partial charge is 0.347 e. The first-order valence-corrected chi connectivity index (χ1v) is 11.6. The Morgan fingerprint density at radius 3 is 2.53 bits per heavy atom. The van der Waals surface area contributed by atoms with E-state index in [-0.39, 0.29) is 17.4 Å². The number of piperazine rings is 1. The summed E-state index contributed by atoms with van der Waals surface area (Å²) < 4.78 is 4.99. The van der Waals surface area contributed by atoms with Gasteiger partial charge in [0, 0.05) is 55.1 Å². The van der Waals surface area contributed by atoms with Gasteiger partial charge in [-0.15, -0.1) is 0 Å². The summed E-state index contributed by atoms with van der Waals surface area (Å²) in [7, 11) is 1.45. The van der Waals surface area contributed by atoms with Crippen molar-refractivity contribution in [3.8, 4) is 0 Å². The molecule has 2 aliphatic heterocycles. The van der Waals surface area contributed by atoms with Gasteiger partial charge in [-0.05, 0) is 30.4 Å². The minimum Gasteiger partial charge on any atom is -0.492 e. The third-order valence-corrected chi connectivity index (χ3v) is 6.86. The van der Waals surface area contributed by atoms with Crippen LogP contribution in [0.4, 0.5) is 11.5 Å². The third kappa shape index (κ3) is 3.89. The van der Waals surface area contributed by atoms with Crippen LogP contribution in [-0.4, -0.2) is 60.6 Å². The number of carbonyl (C=O) groups is 1. The number of hydrogen-bond donors (Lipinski definition) is 1. The van der Waals surface area contributed by atoms with Gasteiger partial charge < -0.3 is 24.4 Å². The number of anilines is 2. The quantitative estimate of drug-likeness (QED) is 0.477. The fraction of sp³-hybridized carbons (Fsp3) is 0.346. The third-order valence-electron chi connectivity index (χ3n) is 6.86. The number of aromatic amines is 1. The standard InChI is InChI=1S/C26H29N5O3/c1-17-6-4-7-19-8-5-9-22(23(17)19)31-11-10-20-21(16-31)27-26(33)28-24(20)29-12-14-30(15-13-29)25(32)18(2)34-3/h4-9H,2,10-16H2,1,3H3,(H,27,28,33). The molecule has 8 nitrogen and oxygen atoms in total. The van der Waals surface area contributed by atoms with Gasteiger partial charge in [-0.25, -0.2) is 4.79 Å². The summed E-state index contributed by atoms with van der Waals surface area (Å²) >= 11 is 0. The SMILES string of the molecule is C=C(OC)C(=O)N1CCN(c2nc(=O)[nH]c3c2CCN(c2cccc4cccc(C)c24)C3)CC1. The zero-order chi connectivity index (χ0) is 23.8. The van der Waals surface area contributed by atoms with Crippen LogP contribution < -0.4 is 15.5 Å². The van der Waals surface area contributed by atoms with E-state index >= 15 is 0 Å². The summed E-state index contributed by atoms with van der Waals surface area (Å²) in [6.07, 6.45) is 0.788. The maximum Gasteiger partial charge on any atom is 0.347 e. The van der Waals surface area contributed by atoms with Gasteiger partial charge in [-0.3, -0.25) is 4.79 Å². The Balaban J connectivity index is 1.40. The minimum absolute atomic E-state index is 0.142. The van der Waals surface area contributed by atoms with E-state index in [1.54, 1.807) is 4.90 Å². The summed E-state index contributed by atoms with van der Waals surface area (Å²) in [6, 6.07) is 12.7. The predicted molar refractivity (Wildman–Crippen MR) is 133 cm³/mol. The number of hydrogen-bond acceptors (Lipinski definition) is 6. The largest absolute Gasteiger partial charge is 0.492 e. The van der Waals surface area contributed by atoms with Crippen molar-refractivity contribution in [3.63, 3.8) is 0 Å². The number of nitrogens with one attached hydrogen (secondary N) is 1. The number of nitrogens with zero attached hydrogens (tertiary/aromatic N) is 4. The van der Waals surface area contributed by atoms with Gasteiger partial charge in [0.2, 0.25) is 0 Å². The van der Waals surface area contributed by atoms with E-state index in [0.29, 0.717) is 32.7 Å². The number of aryl methyl sites for hydroxylation is 1. The molecular weight excluding hydrogens is 430 g/mol. The van der Waals surface area contributed by atoms with E-state index in [1.807, 2.05) is 0 Å². The summed E-state index contributed by atoms with van der Waals surface area (Å²) in [6.45, 7) is 9.55. The molecule has 0 saturated carbocycles. The van der Waals surface area contributed by atoms with Crippen LogP contribution in [0.1, 0.15) is 16.8 Å². The highest BCUT2D eigenvalue weighted by atomic mass is 16.5. The number of ether oxygens (including phenoxy) is 1. The number of carbonyl (C=O) groups excluding carboxylic acids is 1. The molecule has 0 spiro atoms. The molecule has 1 amide bonds. The Bertz CT molecular complexity index is 1320. The number of benzene rings is 2. The van der Waals surface area contributed by atoms with Crippen LogP contribution in [0.2, 0.25) is 0 Å². The second kappa shape index (κ2) is 8.85. The molecule has 8 heteroatoms. The lowest BCUT2D eigenvalue weighted by Gasteiger charge is -2.38. The average Bonchev–Trinajstić information content (AvgIpc) is 2.87. The van der Waals surface area contributed by atoms with Crippen molar-refractivity contribution < 1.29 is 9.53 Å². The van der Waals surface area contributed by atoms with E-state index in [4.69, 9.17) is 4.74 Å². The molecule has 3 heterocycles. The van der Waals surface area contributed by atoms with E-state index in [2.05, 4.69) is 69.7 Å². The number of rotatable bonds is 4. The zero-order valence-corrected chi connectivity index (χ0v) is 19.6. The van der Waals surface area contributed by atoms with E-state index in [1.165, 1.54) is 29.1 Å². The van der Waals surface area contributed by atoms with Crippen LogP contribution in [-0.2, 0) is 22.5 Å². The monoisotopic (exact) mass is 459 g/mol. The second-order valence-corrected chi connectivity index (χ2v) is 8.85. The molecule has 0 unspecified atom stereocenters. The molecule has 1 saturated heterocycles. The van der Waals surface area contributed by atoms with Crippen LogP contribution in [0.15, 0.2) is 53.5 Å². The number of methoxy groups -OCH3 is 1. The molecule has 34 heavy (non-hydrogen) atoms. The van der Waals surface area contributed by atoms with Crippen molar-refractivity contribution in [3.05, 3.63) is 76.0 Å². The highest BCUT2D eigenvalue weighted by molar-refractivity contribution is 5.97.